The third-order valence-corrected chi connectivity index (χ3v) is 4.08. The first-order chi connectivity index (χ1) is 9.62. The van der Waals surface area contributed by atoms with E-state index in [1.807, 2.05) is 6.07 Å². The summed E-state index contributed by atoms with van der Waals surface area (Å²) >= 11 is 3.47. The highest BCUT2D eigenvalue weighted by Crippen LogP contribution is 2.19. The van der Waals surface area contributed by atoms with Crippen molar-refractivity contribution < 1.29 is 14.6 Å². The minimum Gasteiger partial charge on any atom is -0.465 e. The summed E-state index contributed by atoms with van der Waals surface area (Å²) < 4.78 is 5.58. The summed E-state index contributed by atoms with van der Waals surface area (Å²) in [5, 5.41) is 12.3. The second-order valence-electron chi connectivity index (χ2n) is 4.72. The number of ether oxygens (including phenoxy) is 1. The van der Waals surface area contributed by atoms with Gasteiger partial charge in [-0.3, -0.25) is 0 Å². The molecular formula is C15H22BrNO3. The van der Waals surface area contributed by atoms with Crippen molar-refractivity contribution in [2.45, 2.75) is 26.3 Å². The number of halogens is 1. The van der Waals surface area contributed by atoms with Crippen molar-refractivity contribution in [1.82, 2.24) is 5.32 Å². The van der Waals surface area contributed by atoms with Crippen LogP contribution in [-0.2, 0) is 11.3 Å². The number of methoxy groups -OCH3 is 1. The van der Waals surface area contributed by atoms with Crippen LogP contribution in [0, 0.1) is 5.92 Å². The van der Waals surface area contributed by atoms with Gasteiger partial charge in [0.25, 0.3) is 0 Å². The minimum absolute atomic E-state index is 0.234. The molecule has 0 aromatic heterocycles. The zero-order valence-corrected chi connectivity index (χ0v) is 13.6. The summed E-state index contributed by atoms with van der Waals surface area (Å²) in [6, 6.07) is 5.45. The van der Waals surface area contributed by atoms with Gasteiger partial charge in [-0.2, -0.15) is 0 Å². The first-order valence-corrected chi connectivity index (χ1v) is 7.60. The van der Waals surface area contributed by atoms with Crippen LogP contribution in [0.1, 0.15) is 35.7 Å². The average Bonchev–Trinajstić information content (AvgIpc) is 2.46. The maximum Gasteiger partial charge on any atom is 0.337 e. The Balaban J connectivity index is 2.54. The van der Waals surface area contributed by atoms with E-state index in [0.29, 0.717) is 11.5 Å². The lowest BCUT2D eigenvalue weighted by atomic mass is 10.0. The van der Waals surface area contributed by atoms with Gasteiger partial charge in [-0.1, -0.05) is 35.3 Å². The van der Waals surface area contributed by atoms with E-state index in [1.165, 1.54) is 7.11 Å². The number of hydrogen-bond acceptors (Lipinski definition) is 4. The van der Waals surface area contributed by atoms with E-state index in [-0.39, 0.29) is 12.6 Å². The van der Waals surface area contributed by atoms with Gasteiger partial charge in [0.15, 0.2) is 0 Å². The maximum atomic E-state index is 11.4. The molecular weight excluding hydrogens is 322 g/mol. The second-order valence-corrected chi connectivity index (χ2v) is 5.57. The predicted octanol–water partition coefficient (Wildman–Crippen LogP) is 2.73. The molecule has 1 aromatic carbocycles. The monoisotopic (exact) mass is 343 g/mol. The number of rotatable bonds is 8. The maximum absolute atomic E-state index is 11.4. The van der Waals surface area contributed by atoms with Crippen LogP contribution >= 0.6 is 15.9 Å². The van der Waals surface area contributed by atoms with Crippen molar-refractivity contribution in [2.24, 2.45) is 5.92 Å². The van der Waals surface area contributed by atoms with Gasteiger partial charge < -0.3 is 15.2 Å². The van der Waals surface area contributed by atoms with Gasteiger partial charge in [-0.05, 0) is 36.6 Å². The molecule has 1 rings (SSSR count). The number of aliphatic hydroxyl groups is 1. The fourth-order valence-electron chi connectivity index (χ4n) is 1.98. The van der Waals surface area contributed by atoms with Crippen LogP contribution < -0.4 is 5.32 Å². The lowest BCUT2D eigenvalue weighted by Gasteiger charge is -2.15. The van der Waals surface area contributed by atoms with Crippen LogP contribution in [0.4, 0.5) is 0 Å². The molecule has 0 bridgehead atoms. The highest BCUT2D eigenvalue weighted by molar-refractivity contribution is 9.10. The number of esters is 1. The summed E-state index contributed by atoms with van der Waals surface area (Å²) in [5.41, 5.74) is 1.63. The Bertz CT molecular complexity index is 437. The molecule has 0 heterocycles. The number of hydrogen-bond donors (Lipinski definition) is 2. The third kappa shape index (κ3) is 5.23. The Morgan fingerprint density at radius 3 is 2.80 bits per heavy atom. The quantitative estimate of drug-likeness (QED) is 0.712. The van der Waals surface area contributed by atoms with Gasteiger partial charge in [-0.25, -0.2) is 4.79 Å². The zero-order valence-electron chi connectivity index (χ0n) is 12.0. The van der Waals surface area contributed by atoms with Crippen LogP contribution in [0.2, 0.25) is 0 Å². The van der Waals surface area contributed by atoms with Crippen LogP contribution in [0.5, 0.6) is 0 Å². The van der Waals surface area contributed by atoms with Gasteiger partial charge in [-0.15, -0.1) is 0 Å². The molecule has 1 aromatic rings. The van der Waals surface area contributed by atoms with Gasteiger partial charge in [0, 0.05) is 17.6 Å². The van der Waals surface area contributed by atoms with E-state index >= 15 is 0 Å². The number of carbonyl (C=O) groups excluding carboxylic acids is 1. The Morgan fingerprint density at radius 2 is 2.25 bits per heavy atom. The van der Waals surface area contributed by atoms with E-state index in [0.717, 1.165) is 36.0 Å². The molecule has 0 radical (unpaired) electrons. The molecule has 0 saturated carbocycles. The number of aliphatic hydroxyl groups excluding tert-OH is 1. The fourth-order valence-corrected chi connectivity index (χ4v) is 2.50. The van der Waals surface area contributed by atoms with Crippen molar-refractivity contribution in [1.29, 1.82) is 0 Å². The van der Waals surface area contributed by atoms with Crippen LogP contribution in [-0.4, -0.2) is 31.3 Å². The molecule has 0 aliphatic rings. The Morgan fingerprint density at radius 1 is 1.50 bits per heavy atom. The fraction of sp³-hybridized carbons (Fsp3) is 0.533. The highest BCUT2D eigenvalue weighted by Gasteiger charge is 2.09. The molecule has 4 nitrogen and oxygen atoms in total. The summed E-state index contributed by atoms with van der Waals surface area (Å²) in [6.07, 6.45) is 1.88. The summed E-state index contributed by atoms with van der Waals surface area (Å²) in [6.45, 7) is 3.97. The predicted molar refractivity (Wildman–Crippen MR) is 82.7 cm³/mol. The molecule has 0 aliphatic carbocycles. The van der Waals surface area contributed by atoms with E-state index in [4.69, 9.17) is 5.11 Å². The Hall–Kier alpha value is -0.910. The van der Waals surface area contributed by atoms with Crippen molar-refractivity contribution in [2.75, 3.05) is 20.3 Å². The molecule has 0 amide bonds. The van der Waals surface area contributed by atoms with E-state index in [1.54, 1.807) is 12.1 Å². The zero-order chi connectivity index (χ0) is 15.0. The normalized spacial score (nSPS) is 12.2. The second kappa shape index (κ2) is 9.10. The Labute approximate surface area is 128 Å². The molecule has 20 heavy (non-hydrogen) atoms. The smallest absolute Gasteiger partial charge is 0.337 e. The molecule has 0 spiro atoms. The van der Waals surface area contributed by atoms with Crippen molar-refractivity contribution in [3.8, 4) is 0 Å². The lowest BCUT2D eigenvalue weighted by molar-refractivity contribution is 0.0600. The van der Waals surface area contributed by atoms with Gasteiger partial charge in [0.2, 0.25) is 0 Å². The summed E-state index contributed by atoms with van der Waals surface area (Å²) in [7, 11) is 1.37. The van der Waals surface area contributed by atoms with E-state index < -0.39 is 0 Å². The average molecular weight is 344 g/mol. The number of nitrogens with one attached hydrogen (secondary N) is 1. The third-order valence-electron chi connectivity index (χ3n) is 3.34. The number of benzene rings is 1. The standard InChI is InChI=1S/C15H22BrNO3/c1-3-11(6-7-18)9-17-10-13-5-4-12(8-14(13)16)15(19)20-2/h4-5,8,11,17-18H,3,6-7,9-10H2,1-2H3. The summed E-state index contributed by atoms with van der Waals surface area (Å²) in [5.74, 6) is 0.160. The molecule has 1 atom stereocenters. The van der Waals surface area contributed by atoms with Gasteiger partial charge in [0.05, 0.1) is 12.7 Å². The minimum atomic E-state index is -0.334. The van der Waals surface area contributed by atoms with Crippen LogP contribution in [0.15, 0.2) is 22.7 Å². The SMILES string of the molecule is CCC(CCO)CNCc1ccc(C(=O)OC)cc1Br. The van der Waals surface area contributed by atoms with Crippen LogP contribution in [0.3, 0.4) is 0 Å². The molecule has 0 aliphatic heterocycles. The molecule has 112 valence electrons. The van der Waals surface area contributed by atoms with Crippen molar-refractivity contribution in [3.05, 3.63) is 33.8 Å². The van der Waals surface area contributed by atoms with E-state index in [2.05, 4.69) is 32.9 Å². The van der Waals surface area contributed by atoms with Crippen molar-refractivity contribution in [3.63, 3.8) is 0 Å². The first kappa shape index (κ1) is 17.1. The van der Waals surface area contributed by atoms with Gasteiger partial charge >= 0.3 is 5.97 Å². The highest BCUT2D eigenvalue weighted by atomic mass is 79.9. The van der Waals surface area contributed by atoms with E-state index in [9.17, 15) is 4.79 Å². The molecule has 1 unspecified atom stereocenters. The molecule has 0 saturated heterocycles. The Kier molecular flexibility index (Phi) is 7.80. The lowest BCUT2D eigenvalue weighted by Crippen LogP contribution is -2.23. The van der Waals surface area contributed by atoms with Crippen molar-refractivity contribution >= 4 is 21.9 Å². The topological polar surface area (TPSA) is 58.6 Å². The van der Waals surface area contributed by atoms with Crippen LogP contribution in [0.25, 0.3) is 0 Å². The summed E-state index contributed by atoms with van der Waals surface area (Å²) in [4.78, 5) is 11.4. The molecule has 0 fully saturated rings. The largest absolute Gasteiger partial charge is 0.465 e. The molecule has 2 N–H and O–H groups in total. The first-order valence-electron chi connectivity index (χ1n) is 6.80. The molecule has 5 heteroatoms. The van der Waals surface area contributed by atoms with Gasteiger partial charge in [0.1, 0.15) is 0 Å². The number of carbonyl (C=O) groups is 1.